The van der Waals surface area contributed by atoms with Gasteiger partial charge in [-0.05, 0) is 30.5 Å². The van der Waals surface area contributed by atoms with Gasteiger partial charge in [0.15, 0.2) is 11.5 Å². The summed E-state index contributed by atoms with van der Waals surface area (Å²) in [6.07, 6.45) is 0.0341. The Labute approximate surface area is 144 Å². The molecule has 0 fully saturated rings. The van der Waals surface area contributed by atoms with Crippen LogP contribution >= 0.6 is 0 Å². The Morgan fingerprint density at radius 2 is 1.80 bits per heavy atom. The third kappa shape index (κ3) is 6.98. The molecule has 1 unspecified atom stereocenters. The van der Waals surface area contributed by atoms with Gasteiger partial charge in [-0.3, -0.25) is 4.79 Å². The SMILES string of the molecule is COc1ccc(CNC(=O)NC(CCCC(=O)O)C(=O)O)cc1OC. The summed E-state index contributed by atoms with van der Waals surface area (Å²) in [5.74, 6) is -1.16. The number of methoxy groups -OCH3 is 2. The number of hydrogen-bond acceptors (Lipinski definition) is 5. The third-order valence-electron chi connectivity index (χ3n) is 3.39. The van der Waals surface area contributed by atoms with Crippen molar-refractivity contribution in [3.8, 4) is 11.5 Å². The highest BCUT2D eigenvalue weighted by Crippen LogP contribution is 2.27. The summed E-state index contributed by atoms with van der Waals surface area (Å²) in [7, 11) is 3.01. The van der Waals surface area contributed by atoms with Crippen molar-refractivity contribution in [2.45, 2.75) is 31.8 Å². The Bertz CT molecular complexity index is 619. The van der Waals surface area contributed by atoms with E-state index in [4.69, 9.17) is 19.7 Å². The zero-order valence-electron chi connectivity index (χ0n) is 14.1. The molecule has 25 heavy (non-hydrogen) atoms. The van der Waals surface area contributed by atoms with E-state index in [-0.39, 0.29) is 25.8 Å². The number of benzene rings is 1. The normalized spacial score (nSPS) is 11.3. The second-order valence-electron chi connectivity index (χ2n) is 5.19. The summed E-state index contributed by atoms with van der Waals surface area (Å²) < 4.78 is 10.3. The molecular weight excluding hydrogens is 332 g/mol. The zero-order valence-corrected chi connectivity index (χ0v) is 14.1. The van der Waals surface area contributed by atoms with Gasteiger partial charge in [0, 0.05) is 13.0 Å². The summed E-state index contributed by atoms with van der Waals surface area (Å²) in [4.78, 5) is 33.4. The smallest absolute Gasteiger partial charge is 0.326 e. The zero-order chi connectivity index (χ0) is 18.8. The first-order valence-electron chi connectivity index (χ1n) is 7.57. The van der Waals surface area contributed by atoms with Gasteiger partial charge in [0.2, 0.25) is 0 Å². The van der Waals surface area contributed by atoms with Crippen molar-refractivity contribution >= 4 is 18.0 Å². The number of amides is 2. The maximum atomic E-state index is 11.8. The molecule has 1 atom stereocenters. The Morgan fingerprint density at radius 1 is 1.12 bits per heavy atom. The van der Waals surface area contributed by atoms with Gasteiger partial charge in [-0.15, -0.1) is 0 Å². The van der Waals surface area contributed by atoms with Crippen molar-refractivity contribution < 1.29 is 34.1 Å². The molecule has 9 heteroatoms. The molecule has 0 aliphatic carbocycles. The van der Waals surface area contributed by atoms with E-state index >= 15 is 0 Å². The fourth-order valence-corrected chi connectivity index (χ4v) is 2.10. The molecule has 0 heterocycles. The number of rotatable bonds is 10. The average molecular weight is 354 g/mol. The van der Waals surface area contributed by atoms with Crippen LogP contribution < -0.4 is 20.1 Å². The van der Waals surface area contributed by atoms with E-state index in [2.05, 4.69) is 10.6 Å². The van der Waals surface area contributed by atoms with Crippen LogP contribution in [-0.4, -0.2) is 48.4 Å². The van der Waals surface area contributed by atoms with Gasteiger partial charge in [-0.25, -0.2) is 9.59 Å². The second-order valence-corrected chi connectivity index (χ2v) is 5.19. The molecule has 0 aromatic heterocycles. The Balaban J connectivity index is 2.54. The fraction of sp³-hybridized carbons (Fsp3) is 0.438. The Hall–Kier alpha value is -2.97. The molecular formula is C16H22N2O7. The van der Waals surface area contributed by atoms with Gasteiger partial charge in [-0.1, -0.05) is 6.07 Å². The topological polar surface area (TPSA) is 134 Å². The molecule has 0 aliphatic heterocycles. The predicted octanol–water partition coefficient (Wildman–Crippen LogP) is 1.21. The second kappa shape index (κ2) is 10.0. The first-order valence-corrected chi connectivity index (χ1v) is 7.57. The molecule has 0 bridgehead atoms. The lowest BCUT2D eigenvalue weighted by atomic mass is 10.1. The molecule has 0 saturated carbocycles. The minimum atomic E-state index is -1.22. The lowest BCUT2D eigenvalue weighted by molar-refractivity contribution is -0.140. The van der Waals surface area contributed by atoms with Crippen LogP contribution in [0.15, 0.2) is 18.2 Å². The van der Waals surface area contributed by atoms with E-state index in [1.807, 2.05) is 0 Å². The Kier molecular flexibility index (Phi) is 8.04. The molecule has 0 spiro atoms. The number of ether oxygens (including phenoxy) is 2. The number of hydrogen-bond donors (Lipinski definition) is 4. The highest BCUT2D eigenvalue weighted by atomic mass is 16.5. The van der Waals surface area contributed by atoms with Gasteiger partial charge in [0.25, 0.3) is 0 Å². The largest absolute Gasteiger partial charge is 0.493 e. The molecule has 1 rings (SSSR count). The third-order valence-corrected chi connectivity index (χ3v) is 3.39. The van der Waals surface area contributed by atoms with Crippen LogP contribution in [0.5, 0.6) is 11.5 Å². The first kappa shape index (κ1) is 20.1. The summed E-state index contributed by atoms with van der Waals surface area (Å²) in [5, 5.41) is 22.5. The van der Waals surface area contributed by atoms with E-state index in [1.165, 1.54) is 14.2 Å². The number of carbonyl (C=O) groups excluding carboxylic acids is 1. The minimum Gasteiger partial charge on any atom is -0.493 e. The molecule has 0 radical (unpaired) electrons. The van der Waals surface area contributed by atoms with Gasteiger partial charge < -0.3 is 30.3 Å². The van der Waals surface area contributed by atoms with Crippen LogP contribution in [0.3, 0.4) is 0 Å². The Morgan fingerprint density at radius 3 is 2.36 bits per heavy atom. The van der Waals surface area contributed by atoms with Crippen LogP contribution in [0.4, 0.5) is 4.79 Å². The van der Waals surface area contributed by atoms with Crippen molar-refractivity contribution in [1.29, 1.82) is 0 Å². The molecule has 0 saturated heterocycles. The minimum absolute atomic E-state index is 0.0331. The van der Waals surface area contributed by atoms with Gasteiger partial charge in [0.1, 0.15) is 6.04 Å². The number of nitrogens with one attached hydrogen (secondary N) is 2. The summed E-state index contributed by atoms with van der Waals surface area (Å²) >= 11 is 0. The molecule has 4 N–H and O–H groups in total. The van der Waals surface area contributed by atoms with Crippen molar-refractivity contribution in [1.82, 2.24) is 10.6 Å². The number of carboxylic acid groups (broad SMARTS) is 2. The van der Waals surface area contributed by atoms with Crippen LogP contribution in [0.2, 0.25) is 0 Å². The fourth-order valence-electron chi connectivity index (χ4n) is 2.10. The van der Waals surface area contributed by atoms with E-state index < -0.39 is 24.0 Å². The predicted molar refractivity (Wildman–Crippen MR) is 87.8 cm³/mol. The molecule has 138 valence electrons. The van der Waals surface area contributed by atoms with E-state index in [9.17, 15) is 14.4 Å². The first-order chi connectivity index (χ1) is 11.9. The highest BCUT2D eigenvalue weighted by molar-refractivity contribution is 5.82. The highest BCUT2D eigenvalue weighted by Gasteiger charge is 2.19. The summed E-state index contributed by atoms with van der Waals surface area (Å²) in [5.41, 5.74) is 0.741. The van der Waals surface area contributed by atoms with Crippen LogP contribution in [-0.2, 0) is 16.1 Å². The van der Waals surface area contributed by atoms with Crippen LogP contribution in [0.25, 0.3) is 0 Å². The molecule has 1 aromatic rings. The lowest BCUT2D eigenvalue weighted by Crippen LogP contribution is -2.45. The van der Waals surface area contributed by atoms with Crippen molar-refractivity contribution in [2.75, 3.05) is 14.2 Å². The standard InChI is InChI=1S/C16H22N2O7/c1-24-12-7-6-10(8-13(12)25-2)9-17-16(23)18-11(15(21)22)4-3-5-14(19)20/h6-8,11H,3-5,9H2,1-2H3,(H,19,20)(H,21,22)(H2,17,18,23). The number of urea groups is 1. The van der Waals surface area contributed by atoms with E-state index in [0.717, 1.165) is 5.56 Å². The average Bonchev–Trinajstić information content (AvgIpc) is 2.58. The number of carboxylic acids is 2. The molecule has 1 aromatic carbocycles. The number of aliphatic carboxylic acids is 2. The maximum absolute atomic E-state index is 11.8. The summed E-state index contributed by atoms with van der Waals surface area (Å²) in [6.45, 7) is 0.160. The quantitative estimate of drug-likeness (QED) is 0.496. The monoisotopic (exact) mass is 354 g/mol. The lowest BCUT2D eigenvalue weighted by Gasteiger charge is -2.15. The summed E-state index contributed by atoms with van der Waals surface area (Å²) in [6, 6.07) is 3.33. The van der Waals surface area contributed by atoms with Crippen molar-refractivity contribution in [3.05, 3.63) is 23.8 Å². The molecule has 9 nitrogen and oxygen atoms in total. The maximum Gasteiger partial charge on any atom is 0.326 e. The molecule has 0 aliphatic rings. The van der Waals surface area contributed by atoms with Crippen LogP contribution in [0.1, 0.15) is 24.8 Å². The van der Waals surface area contributed by atoms with Crippen LogP contribution in [0, 0.1) is 0 Å². The van der Waals surface area contributed by atoms with Gasteiger partial charge >= 0.3 is 18.0 Å². The van der Waals surface area contributed by atoms with E-state index in [0.29, 0.717) is 11.5 Å². The van der Waals surface area contributed by atoms with Gasteiger partial charge in [-0.2, -0.15) is 0 Å². The van der Waals surface area contributed by atoms with E-state index in [1.54, 1.807) is 18.2 Å². The number of carbonyl (C=O) groups is 3. The van der Waals surface area contributed by atoms with Crippen molar-refractivity contribution in [2.24, 2.45) is 0 Å². The van der Waals surface area contributed by atoms with Crippen molar-refractivity contribution in [3.63, 3.8) is 0 Å². The molecule has 2 amide bonds. The van der Waals surface area contributed by atoms with Gasteiger partial charge in [0.05, 0.1) is 14.2 Å².